The molecular formula is C54H36N2O2. The monoisotopic (exact) mass is 744 g/mol. The fraction of sp³-hybridized carbons (Fsp3) is 0.0556. The summed E-state index contributed by atoms with van der Waals surface area (Å²) in [6.07, 6.45) is 2.00. The van der Waals surface area contributed by atoms with Crippen molar-refractivity contribution in [2.75, 3.05) is 7.05 Å². The molecule has 0 N–H and O–H groups in total. The van der Waals surface area contributed by atoms with Crippen LogP contribution in [-0.4, -0.2) is 17.7 Å². The van der Waals surface area contributed by atoms with Crippen LogP contribution < -0.4 is 4.74 Å². The Balaban J connectivity index is 1.02. The molecule has 1 aromatic heterocycles. The molecule has 0 saturated carbocycles. The highest BCUT2D eigenvalue weighted by Gasteiger charge is 2.51. The minimum atomic E-state index is -0.522. The fourth-order valence-corrected chi connectivity index (χ4v) is 9.82. The smallest absolute Gasteiger partial charge is 0.147 e. The molecule has 4 nitrogen and oxygen atoms in total. The van der Waals surface area contributed by atoms with E-state index in [-0.39, 0.29) is 6.17 Å². The lowest BCUT2D eigenvalue weighted by Crippen LogP contribution is -2.32. The maximum absolute atomic E-state index is 7.04. The highest BCUT2D eigenvalue weighted by atomic mass is 16.5. The first-order valence-corrected chi connectivity index (χ1v) is 19.9. The zero-order valence-corrected chi connectivity index (χ0v) is 31.8. The average Bonchev–Trinajstić information content (AvgIpc) is 3.80. The second-order valence-electron chi connectivity index (χ2n) is 15.5. The molecule has 1 atom stereocenters. The van der Waals surface area contributed by atoms with E-state index in [1.165, 1.54) is 27.8 Å². The molecule has 12 rings (SSSR count). The Morgan fingerprint density at radius 2 is 1.14 bits per heavy atom. The van der Waals surface area contributed by atoms with Gasteiger partial charge in [0.2, 0.25) is 0 Å². The van der Waals surface area contributed by atoms with Gasteiger partial charge < -0.3 is 14.1 Å². The van der Waals surface area contributed by atoms with Crippen LogP contribution in [0.2, 0.25) is 0 Å². The van der Waals surface area contributed by atoms with Crippen molar-refractivity contribution in [3.8, 4) is 33.8 Å². The van der Waals surface area contributed by atoms with Gasteiger partial charge in [-0.2, -0.15) is 0 Å². The Morgan fingerprint density at radius 1 is 0.500 bits per heavy atom. The number of aliphatic imine (C=N–C) groups is 1. The summed E-state index contributed by atoms with van der Waals surface area (Å²) in [5.74, 6) is 1.77. The molecule has 0 bridgehead atoms. The largest absolute Gasteiger partial charge is 0.456 e. The molecule has 0 radical (unpaired) electrons. The van der Waals surface area contributed by atoms with Gasteiger partial charge in [0.1, 0.15) is 28.8 Å². The van der Waals surface area contributed by atoms with Crippen molar-refractivity contribution in [2.45, 2.75) is 11.6 Å². The highest BCUT2D eigenvalue weighted by Crippen LogP contribution is 2.63. The highest BCUT2D eigenvalue weighted by molar-refractivity contribution is 6.15. The summed E-state index contributed by atoms with van der Waals surface area (Å²) < 4.78 is 13.4. The van der Waals surface area contributed by atoms with Crippen molar-refractivity contribution < 1.29 is 9.15 Å². The van der Waals surface area contributed by atoms with Crippen LogP contribution in [0, 0.1) is 0 Å². The van der Waals surface area contributed by atoms with Crippen LogP contribution in [0.15, 0.2) is 204 Å². The van der Waals surface area contributed by atoms with Gasteiger partial charge in [-0.1, -0.05) is 158 Å². The van der Waals surface area contributed by atoms with E-state index < -0.39 is 5.41 Å². The second-order valence-corrected chi connectivity index (χ2v) is 15.5. The van der Waals surface area contributed by atoms with Crippen LogP contribution >= 0.6 is 0 Å². The first kappa shape index (κ1) is 32.8. The summed E-state index contributed by atoms with van der Waals surface area (Å²) >= 11 is 0. The first-order chi connectivity index (χ1) is 28.7. The predicted octanol–water partition coefficient (Wildman–Crippen LogP) is 13.2. The van der Waals surface area contributed by atoms with Crippen LogP contribution in [0.4, 0.5) is 0 Å². The van der Waals surface area contributed by atoms with Gasteiger partial charge in [0.25, 0.3) is 0 Å². The molecule has 3 aliphatic rings. The molecule has 1 spiro atoms. The van der Waals surface area contributed by atoms with E-state index in [2.05, 4.69) is 194 Å². The minimum Gasteiger partial charge on any atom is -0.456 e. The maximum atomic E-state index is 7.04. The maximum Gasteiger partial charge on any atom is 0.147 e. The van der Waals surface area contributed by atoms with Gasteiger partial charge in [-0.3, -0.25) is 4.99 Å². The first-order valence-electron chi connectivity index (χ1n) is 19.9. The summed E-state index contributed by atoms with van der Waals surface area (Å²) in [5.41, 5.74) is 16.0. The molecule has 9 aromatic rings. The van der Waals surface area contributed by atoms with E-state index in [9.17, 15) is 0 Å². The average molecular weight is 745 g/mol. The van der Waals surface area contributed by atoms with Gasteiger partial charge in [0.15, 0.2) is 0 Å². The van der Waals surface area contributed by atoms with E-state index >= 15 is 0 Å². The topological polar surface area (TPSA) is 38.0 Å². The summed E-state index contributed by atoms with van der Waals surface area (Å²) in [6.45, 7) is 0. The van der Waals surface area contributed by atoms with E-state index in [0.717, 1.165) is 78.2 Å². The molecule has 3 heterocycles. The van der Waals surface area contributed by atoms with E-state index in [0.29, 0.717) is 0 Å². The molecule has 58 heavy (non-hydrogen) atoms. The Kier molecular flexibility index (Phi) is 7.09. The SMILES string of the molecule is CN1C(c2cccc(-c3cccc4c3Oc3ccccc3C43c4ccccc4-c4ccccc43)c2)=CC(c2ccc3c(c2)oc2ccccc23)=NC1c1ccccc1. The number of allylic oxidation sites excluding steroid dienone is 1. The lowest BCUT2D eigenvalue weighted by Gasteiger charge is -2.40. The Hall–Kier alpha value is -7.43. The van der Waals surface area contributed by atoms with Crippen LogP contribution in [0.5, 0.6) is 11.5 Å². The number of ether oxygens (including phenoxy) is 1. The lowest BCUT2D eigenvalue weighted by molar-refractivity contribution is 0.364. The van der Waals surface area contributed by atoms with Gasteiger partial charge in [0.05, 0.1) is 11.1 Å². The molecule has 8 aromatic carbocycles. The number of hydrogen-bond donors (Lipinski definition) is 0. The van der Waals surface area contributed by atoms with Crippen LogP contribution in [0.1, 0.15) is 45.1 Å². The number of furan rings is 1. The molecule has 2 aliphatic heterocycles. The fourth-order valence-electron chi connectivity index (χ4n) is 9.82. The Morgan fingerprint density at radius 3 is 1.97 bits per heavy atom. The van der Waals surface area contributed by atoms with Crippen molar-refractivity contribution in [1.29, 1.82) is 0 Å². The van der Waals surface area contributed by atoms with Gasteiger partial charge in [-0.25, -0.2) is 0 Å². The van der Waals surface area contributed by atoms with Crippen LogP contribution in [-0.2, 0) is 5.41 Å². The van der Waals surface area contributed by atoms with E-state index in [4.69, 9.17) is 14.1 Å². The number of nitrogens with zero attached hydrogens (tertiary/aromatic N) is 2. The van der Waals surface area contributed by atoms with Crippen LogP contribution in [0.3, 0.4) is 0 Å². The quantitative estimate of drug-likeness (QED) is 0.180. The zero-order valence-electron chi connectivity index (χ0n) is 31.8. The Bertz CT molecular complexity index is 3140. The predicted molar refractivity (Wildman–Crippen MR) is 234 cm³/mol. The molecule has 0 amide bonds. The normalized spacial score (nSPS) is 15.9. The number of rotatable bonds is 4. The lowest BCUT2D eigenvalue weighted by atomic mass is 9.65. The molecule has 4 heteroatoms. The van der Waals surface area contributed by atoms with E-state index in [1.807, 2.05) is 12.1 Å². The standard InChI is InChI=1S/C54H36N2O2/c1-56-48(33-47(55-53(56)34-15-3-2-4-16-34)36-29-30-42-41-21-7-11-27-49(41)57-51(42)32-36)37-18-13-17-35(31-37)38-22-14-26-46-52(38)58-50-28-12-10-25-45(50)54(46)43-23-8-5-19-39(43)40-20-6-9-24-44(40)54/h2-33,53H,1H3. The van der Waals surface area contributed by atoms with Gasteiger partial charge >= 0.3 is 0 Å². The summed E-state index contributed by atoms with van der Waals surface area (Å²) in [4.78, 5) is 7.67. The van der Waals surface area contributed by atoms with Crippen molar-refractivity contribution in [3.63, 3.8) is 0 Å². The molecule has 0 fully saturated rings. The van der Waals surface area contributed by atoms with Crippen LogP contribution in [0.25, 0.3) is 49.9 Å². The summed E-state index contributed by atoms with van der Waals surface area (Å²) in [6, 6.07) is 67.1. The number of hydrogen-bond acceptors (Lipinski definition) is 4. The molecule has 1 aliphatic carbocycles. The minimum absolute atomic E-state index is 0.224. The van der Waals surface area contributed by atoms with Gasteiger partial charge in [0, 0.05) is 45.8 Å². The number of fused-ring (bicyclic) bond motifs is 12. The molecule has 1 unspecified atom stereocenters. The number of para-hydroxylation sites is 3. The Labute approximate surface area is 336 Å². The van der Waals surface area contributed by atoms with Crippen molar-refractivity contribution in [1.82, 2.24) is 4.90 Å². The number of benzene rings is 8. The van der Waals surface area contributed by atoms with Gasteiger partial charge in [-0.05, 0) is 75.4 Å². The third-order valence-corrected chi connectivity index (χ3v) is 12.4. The summed E-state index contributed by atoms with van der Waals surface area (Å²) in [7, 11) is 2.14. The second kappa shape index (κ2) is 12.5. The third-order valence-electron chi connectivity index (χ3n) is 12.4. The van der Waals surface area contributed by atoms with Crippen molar-refractivity contribution in [2.24, 2.45) is 4.99 Å². The third kappa shape index (κ3) is 4.66. The zero-order chi connectivity index (χ0) is 38.4. The molecular weight excluding hydrogens is 709 g/mol. The molecule has 0 saturated heterocycles. The van der Waals surface area contributed by atoms with Gasteiger partial charge in [-0.15, -0.1) is 0 Å². The molecule has 274 valence electrons. The summed E-state index contributed by atoms with van der Waals surface area (Å²) in [5, 5.41) is 2.22. The van der Waals surface area contributed by atoms with Crippen molar-refractivity contribution >= 4 is 33.3 Å². The van der Waals surface area contributed by atoms with E-state index in [1.54, 1.807) is 0 Å². The van der Waals surface area contributed by atoms with Crippen molar-refractivity contribution in [3.05, 3.63) is 233 Å².